The highest BCUT2D eigenvalue weighted by molar-refractivity contribution is 7.89. The van der Waals surface area contributed by atoms with Gasteiger partial charge in [0.2, 0.25) is 10.0 Å². The summed E-state index contributed by atoms with van der Waals surface area (Å²) < 4.78 is 25.9. The summed E-state index contributed by atoms with van der Waals surface area (Å²) in [7, 11) is -3.06. The maximum Gasteiger partial charge on any atom is 0.211 e. The Labute approximate surface area is 99.2 Å². The van der Waals surface area contributed by atoms with E-state index in [-0.39, 0.29) is 11.2 Å². The molecule has 96 valence electrons. The van der Waals surface area contributed by atoms with Gasteiger partial charge < -0.3 is 5.32 Å². The first kappa shape index (κ1) is 13.9. The van der Waals surface area contributed by atoms with Crippen molar-refractivity contribution in [3.63, 3.8) is 0 Å². The van der Waals surface area contributed by atoms with E-state index in [0.29, 0.717) is 19.0 Å². The minimum atomic E-state index is -3.06. The molecule has 5 heteroatoms. The molecule has 0 amide bonds. The van der Waals surface area contributed by atoms with E-state index in [0.717, 1.165) is 19.4 Å². The van der Waals surface area contributed by atoms with Crippen molar-refractivity contribution in [3.05, 3.63) is 0 Å². The Balaban J connectivity index is 2.13. The van der Waals surface area contributed by atoms with Crippen LogP contribution in [0.15, 0.2) is 0 Å². The largest absolute Gasteiger partial charge is 0.314 e. The number of hydrogen-bond donors (Lipinski definition) is 2. The molecule has 0 radical (unpaired) electrons. The lowest BCUT2D eigenvalue weighted by Crippen LogP contribution is -2.33. The number of sulfonamides is 1. The van der Waals surface area contributed by atoms with E-state index in [9.17, 15) is 8.42 Å². The molecular formula is C11H24N2O2S. The Hall–Kier alpha value is -0.130. The molecule has 16 heavy (non-hydrogen) atoms. The molecule has 0 saturated heterocycles. The SMILES string of the molecule is CC(C)NCCCS(=O)(=O)NCC1(C)CC1. The Bertz CT molecular complexity index is 308. The van der Waals surface area contributed by atoms with Crippen molar-refractivity contribution in [2.24, 2.45) is 5.41 Å². The quantitative estimate of drug-likeness (QED) is 0.632. The van der Waals surface area contributed by atoms with E-state index in [4.69, 9.17) is 0 Å². The van der Waals surface area contributed by atoms with Gasteiger partial charge in [-0.05, 0) is 31.2 Å². The number of hydrogen-bond acceptors (Lipinski definition) is 3. The molecule has 0 atom stereocenters. The second kappa shape index (κ2) is 5.47. The second-order valence-electron chi connectivity index (χ2n) is 5.41. The fourth-order valence-electron chi connectivity index (χ4n) is 1.40. The Morgan fingerprint density at radius 1 is 1.31 bits per heavy atom. The first-order valence-corrected chi connectivity index (χ1v) is 7.69. The summed E-state index contributed by atoms with van der Waals surface area (Å²) >= 11 is 0. The molecule has 0 spiro atoms. The Kier molecular flexibility index (Phi) is 4.76. The van der Waals surface area contributed by atoms with Crippen LogP contribution < -0.4 is 10.0 Å². The van der Waals surface area contributed by atoms with Gasteiger partial charge in [-0.3, -0.25) is 0 Å². The highest BCUT2D eigenvalue weighted by Gasteiger charge is 2.37. The average Bonchev–Trinajstić information content (AvgIpc) is 2.90. The van der Waals surface area contributed by atoms with Crippen molar-refractivity contribution in [2.45, 2.75) is 46.1 Å². The van der Waals surface area contributed by atoms with Crippen LogP contribution in [-0.2, 0) is 10.0 Å². The van der Waals surface area contributed by atoms with Crippen LogP contribution >= 0.6 is 0 Å². The van der Waals surface area contributed by atoms with Crippen LogP contribution in [0.1, 0.15) is 40.0 Å². The molecule has 1 saturated carbocycles. The molecule has 0 aromatic carbocycles. The van der Waals surface area contributed by atoms with E-state index in [2.05, 4.69) is 30.8 Å². The van der Waals surface area contributed by atoms with Crippen LogP contribution in [0.25, 0.3) is 0 Å². The second-order valence-corrected chi connectivity index (χ2v) is 7.34. The standard InChI is InChI=1S/C11H24N2O2S/c1-10(2)12-7-4-8-16(14,15)13-9-11(3)5-6-11/h10,12-13H,4-9H2,1-3H3. The molecule has 1 fully saturated rings. The molecule has 2 N–H and O–H groups in total. The zero-order valence-electron chi connectivity index (χ0n) is 10.5. The normalized spacial score (nSPS) is 19.0. The minimum Gasteiger partial charge on any atom is -0.314 e. The third-order valence-electron chi connectivity index (χ3n) is 2.96. The first-order chi connectivity index (χ1) is 7.33. The maximum atomic E-state index is 11.6. The average molecular weight is 248 g/mol. The minimum absolute atomic E-state index is 0.225. The van der Waals surface area contributed by atoms with Crippen molar-refractivity contribution in [2.75, 3.05) is 18.8 Å². The summed E-state index contributed by atoms with van der Waals surface area (Å²) in [4.78, 5) is 0. The third-order valence-corrected chi connectivity index (χ3v) is 4.38. The highest BCUT2D eigenvalue weighted by Crippen LogP contribution is 2.44. The van der Waals surface area contributed by atoms with Gasteiger partial charge in [0.25, 0.3) is 0 Å². The fraction of sp³-hybridized carbons (Fsp3) is 1.00. The van der Waals surface area contributed by atoms with E-state index in [1.165, 1.54) is 0 Å². The van der Waals surface area contributed by atoms with Crippen LogP contribution in [0.2, 0.25) is 0 Å². The van der Waals surface area contributed by atoms with Gasteiger partial charge in [0.05, 0.1) is 5.75 Å². The third kappa shape index (κ3) is 5.82. The van der Waals surface area contributed by atoms with Crippen LogP contribution in [0, 0.1) is 5.41 Å². The molecule has 1 rings (SSSR count). The zero-order valence-corrected chi connectivity index (χ0v) is 11.4. The Morgan fingerprint density at radius 3 is 2.44 bits per heavy atom. The van der Waals surface area contributed by atoms with Crippen LogP contribution in [-0.4, -0.2) is 33.3 Å². The molecule has 0 aliphatic heterocycles. The summed E-state index contributed by atoms with van der Waals surface area (Å²) in [6, 6.07) is 0.418. The topological polar surface area (TPSA) is 58.2 Å². The van der Waals surface area contributed by atoms with Crippen molar-refractivity contribution in [3.8, 4) is 0 Å². The van der Waals surface area contributed by atoms with E-state index >= 15 is 0 Å². The smallest absolute Gasteiger partial charge is 0.211 e. The van der Waals surface area contributed by atoms with Gasteiger partial charge >= 0.3 is 0 Å². The number of nitrogens with one attached hydrogen (secondary N) is 2. The predicted molar refractivity (Wildman–Crippen MR) is 66.9 cm³/mol. The zero-order chi connectivity index (χ0) is 12.2. The summed E-state index contributed by atoms with van der Waals surface area (Å²) in [6.07, 6.45) is 2.96. The molecule has 1 aliphatic carbocycles. The lowest BCUT2D eigenvalue weighted by atomic mass is 10.2. The van der Waals surface area contributed by atoms with E-state index < -0.39 is 10.0 Å². The summed E-state index contributed by atoms with van der Waals surface area (Å²) in [5, 5.41) is 3.21. The van der Waals surface area contributed by atoms with Crippen molar-refractivity contribution < 1.29 is 8.42 Å². The van der Waals surface area contributed by atoms with Gasteiger partial charge in [-0.2, -0.15) is 0 Å². The van der Waals surface area contributed by atoms with Crippen LogP contribution in [0.4, 0.5) is 0 Å². The monoisotopic (exact) mass is 248 g/mol. The van der Waals surface area contributed by atoms with Gasteiger partial charge in [0.1, 0.15) is 0 Å². The first-order valence-electron chi connectivity index (χ1n) is 6.04. The summed E-state index contributed by atoms with van der Waals surface area (Å²) in [5.74, 6) is 0.225. The highest BCUT2D eigenvalue weighted by atomic mass is 32.2. The summed E-state index contributed by atoms with van der Waals surface area (Å²) in [6.45, 7) is 7.60. The van der Waals surface area contributed by atoms with Crippen LogP contribution in [0.3, 0.4) is 0 Å². The lowest BCUT2D eigenvalue weighted by Gasteiger charge is -2.11. The fourth-order valence-corrected chi connectivity index (χ4v) is 2.64. The molecule has 0 bridgehead atoms. The molecule has 4 nitrogen and oxygen atoms in total. The van der Waals surface area contributed by atoms with Gasteiger partial charge in [-0.1, -0.05) is 20.8 Å². The van der Waals surface area contributed by atoms with Crippen LogP contribution in [0.5, 0.6) is 0 Å². The van der Waals surface area contributed by atoms with Crippen molar-refractivity contribution in [1.82, 2.24) is 10.0 Å². The van der Waals surface area contributed by atoms with Gasteiger partial charge in [0.15, 0.2) is 0 Å². The van der Waals surface area contributed by atoms with E-state index in [1.54, 1.807) is 0 Å². The molecule has 0 aromatic heterocycles. The van der Waals surface area contributed by atoms with Gasteiger partial charge in [-0.25, -0.2) is 13.1 Å². The van der Waals surface area contributed by atoms with Gasteiger partial charge in [0, 0.05) is 12.6 Å². The van der Waals surface area contributed by atoms with Gasteiger partial charge in [-0.15, -0.1) is 0 Å². The predicted octanol–water partition coefficient (Wildman–Crippen LogP) is 1.09. The molecular weight excluding hydrogens is 224 g/mol. The molecule has 0 heterocycles. The Morgan fingerprint density at radius 2 is 1.94 bits per heavy atom. The lowest BCUT2D eigenvalue weighted by molar-refractivity contribution is 0.525. The number of rotatable bonds is 8. The molecule has 0 unspecified atom stereocenters. The van der Waals surface area contributed by atoms with Crippen molar-refractivity contribution in [1.29, 1.82) is 0 Å². The molecule has 0 aromatic rings. The molecule has 1 aliphatic rings. The summed E-state index contributed by atoms with van der Waals surface area (Å²) in [5.41, 5.74) is 0.239. The van der Waals surface area contributed by atoms with Crippen molar-refractivity contribution >= 4 is 10.0 Å². The maximum absolute atomic E-state index is 11.6. The van der Waals surface area contributed by atoms with E-state index in [1.807, 2.05) is 0 Å².